The van der Waals surface area contributed by atoms with Crippen molar-refractivity contribution in [2.24, 2.45) is 5.73 Å². The summed E-state index contributed by atoms with van der Waals surface area (Å²) in [5.74, 6) is 0.0966. The van der Waals surface area contributed by atoms with Crippen LogP contribution in [0.3, 0.4) is 0 Å². The van der Waals surface area contributed by atoms with Crippen molar-refractivity contribution < 1.29 is 9.53 Å². The second-order valence-corrected chi connectivity index (χ2v) is 2.95. The van der Waals surface area contributed by atoms with E-state index in [4.69, 9.17) is 10.5 Å². The third-order valence-electron chi connectivity index (χ3n) is 1.71. The summed E-state index contributed by atoms with van der Waals surface area (Å²) in [6.07, 6.45) is 0.308. The van der Waals surface area contributed by atoms with Gasteiger partial charge in [-0.2, -0.15) is 0 Å². The maximum absolute atomic E-state index is 11.1. The lowest BCUT2D eigenvalue weighted by atomic mass is 10.3. The molecule has 0 spiro atoms. The molecule has 0 heterocycles. The Balaban J connectivity index is 3.49. The van der Waals surface area contributed by atoms with E-state index in [9.17, 15) is 4.79 Å². The minimum atomic E-state index is -0.157. The average molecular weight is 189 g/mol. The van der Waals surface area contributed by atoms with Crippen LogP contribution in [0.25, 0.3) is 0 Å². The lowest BCUT2D eigenvalue weighted by Gasteiger charge is -2.15. The first-order valence-corrected chi connectivity index (χ1v) is 4.28. The number of nitrogens with one attached hydrogen (secondary N) is 1. The van der Waals surface area contributed by atoms with Gasteiger partial charge in [-0.05, 0) is 0 Å². The molecule has 0 saturated heterocycles. The van der Waals surface area contributed by atoms with Crippen LogP contribution in [0.2, 0.25) is 0 Å². The summed E-state index contributed by atoms with van der Waals surface area (Å²) < 4.78 is 4.98. The van der Waals surface area contributed by atoms with Gasteiger partial charge in [0, 0.05) is 40.7 Å². The number of nitrogens with two attached hydrogens (primary N) is 1. The second-order valence-electron chi connectivity index (χ2n) is 2.95. The van der Waals surface area contributed by atoms with E-state index in [2.05, 4.69) is 5.32 Å². The molecule has 0 rings (SSSR count). The molecule has 0 aliphatic rings. The fraction of sp³-hybridized carbons (Fsp3) is 0.875. The van der Waals surface area contributed by atoms with Crippen molar-refractivity contribution in [3.8, 4) is 0 Å². The van der Waals surface area contributed by atoms with E-state index in [0.29, 0.717) is 19.5 Å². The smallest absolute Gasteiger partial charge is 0.223 e. The second kappa shape index (κ2) is 6.82. The molecule has 0 aliphatic carbocycles. The van der Waals surface area contributed by atoms with Crippen molar-refractivity contribution in [3.05, 3.63) is 0 Å². The number of rotatable bonds is 6. The van der Waals surface area contributed by atoms with E-state index in [1.54, 1.807) is 26.1 Å². The topological polar surface area (TPSA) is 67.6 Å². The first-order chi connectivity index (χ1) is 6.11. The average Bonchev–Trinajstić information content (AvgIpc) is 2.12. The van der Waals surface area contributed by atoms with E-state index in [0.717, 1.165) is 0 Å². The summed E-state index contributed by atoms with van der Waals surface area (Å²) in [7, 11) is 5.05. The highest BCUT2D eigenvalue weighted by atomic mass is 16.5. The number of hydrogen-bond acceptors (Lipinski definition) is 4. The zero-order valence-electron chi connectivity index (χ0n) is 8.54. The van der Waals surface area contributed by atoms with Gasteiger partial charge in [-0.3, -0.25) is 10.1 Å². The van der Waals surface area contributed by atoms with Crippen LogP contribution in [0.15, 0.2) is 0 Å². The van der Waals surface area contributed by atoms with Gasteiger partial charge in [-0.15, -0.1) is 0 Å². The van der Waals surface area contributed by atoms with E-state index in [1.807, 2.05) is 0 Å². The first kappa shape index (κ1) is 12.3. The van der Waals surface area contributed by atoms with Crippen LogP contribution in [0.1, 0.15) is 6.42 Å². The molecule has 0 bridgehead atoms. The van der Waals surface area contributed by atoms with Crippen molar-refractivity contribution in [2.75, 3.05) is 34.3 Å². The third kappa shape index (κ3) is 5.57. The van der Waals surface area contributed by atoms with Gasteiger partial charge in [0.05, 0.1) is 0 Å². The van der Waals surface area contributed by atoms with Crippen LogP contribution in [-0.2, 0) is 9.53 Å². The van der Waals surface area contributed by atoms with E-state index in [1.165, 1.54) is 0 Å². The van der Waals surface area contributed by atoms with Gasteiger partial charge >= 0.3 is 0 Å². The lowest BCUT2D eigenvalue weighted by molar-refractivity contribution is -0.128. The van der Waals surface area contributed by atoms with Crippen molar-refractivity contribution >= 4 is 5.91 Å². The highest BCUT2D eigenvalue weighted by molar-refractivity contribution is 5.75. The normalized spacial score (nSPS) is 12.6. The summed E-state index contributed by atoms with van der Waals surface area (Å²) in [4.78, 5) is 12.7. The molecular formula is C8H19N3O2. The van der Waals surface area contributed by atoms with Crippen LogP contribution in [0.5, 0.6) is 0 Å². The number of nitrogens with zero attached hydrogens (tertiary/aromatic N) is 1. The predicted molar refractivity (Wildman–Crippen MR) is 51.2 cm³/mol. The standard InChI is InChI=1S/C8H19N3O2/c1-11(2)8(12)4-5-10-7(6-9)13-3/h7,10H,4-6,9H2,1-3H3. The molecule has 0 aliphatic heterocycles. The molecular weight excluding hydrogens is 170 g/mol. The largest absolute Gasteiger partial charge is 0.365 e. The molecule has 0 aromatic carbocycles. The van der Waals surface area contributed by atoms with E-state index >= 15 is 0 Å². The van der Waals surface area contributed by atoms with Gasteiger partial charge in [0.25, 0.3) is 0 Å². The fourth-order valence-corrected chi connectivity index (χ4v) is 0.827. The maximum atomic E-state index is 11.1. The molecule has 1 atom stereocenters. The summed E-state index contributed by atoms with van der Waals surface area (Å²) in [5.41, 5.74) is 5.38. The van der Waals surface area contributed by atoms with Crippen molar-refractivity contribution in [3.63, 3.8) is 0 Å². The number of methoxy groups -OCH3 is 1. The van der Waals surface area contributed by atoms with Gasteiger partial charge in [0.15, 0.2) is 0 Å². The zero-order valence-corrected chi connectivity index (χ0v) is 8.54. The van der Waals surface area contributed by atoms with Gasteiger partial charge in [0.1, 0.15) is 6.23 Å². The minimum Gasteiger partial charge on any atom is -0.365 e. The molecule has 0 aromatic heterocycles. The molecule has 1 unspecified atom stereocenters. The molecule has 0 fully saturated rings. The van der Waals surface area contributed by atoms with Crippen LogP contribution in [-0.4, -0.2) is 51.3 Å². The van der Waals surface area contributed by atoms with Gasteiger partial charge in [0.2, 0.25) is 5.91 Å². The molecule has 5 heteroatoms. The minimum absolute atomic E-state index is 0.0966. The summed E-state index contributed by atoms with van der Waals surface area (Å²) >= 11 is 0. The summed E-state index contributed by atoms with van der Waals surface area (Å²) in [6.45, 7) is 0.999. The fourth-order valence-electron chi connectivity index (χ4n) is 0.827. The van der Waals surface area contributed by atoms with Crippen LogP contribution < -0.4 is 11.1 Å². The van der Waals surface area contributed by atoms with E-state index in [-0.39, 0.29) is 12.1 Å². The van der Waals surface area contributed by atoms with Gasteiger partial charge in [-0.1, -0.05) is 0 Å². The van der Waals surface area contributed by atoms with Crippen molar-refractivity contribution in [1.29, 1.82) is 0 Å². The Kier molecular flexibility index (Phi) is 6.48. The van der Waals surface area contributed by atoms with Crippen molar-refractivity contribution in [2.45, 2.75) is 12.6 Å². The van der Waals surface area contributed by atoms with Gasteiger partial charge in [-0.25, -0.2) is 0 Å². The number of hydrogen-bond donors (Lipinski definition) is 2. The predicted octanol–water partition coefficient (Wildman–Crippen LogP) is -1.01. The quantitative estimate of drug-likeness (QED) is 0.525. The molecule has 0 saturated carbocycles. The number of amides is 1. The molecule has 1 amide bonds. The van der Waals surface area contributed by atoms with Gasteiger partial charge < -0.3 is 15.4 Å². The maximum Gasteiger partial charge on any atom is 0.223 e. The molecule has 13 heavy (non-hydrogen) atoms. The summed E-state index contributed by atoms with van der Waals surface area (Å²) in [6, 6.07) is 0. The monoisotopic (exact) mass is 189 g/mol. The number of carbonyl (C=O) groups is 1. The Bertz CT molecular complexity index is 146. The Morgan fingerprint density at radius 1 is 1.62 bits per heavy atom. The van der Waals surface area contributed by atoms with Crippen LogP contribution >= 0.6 is 0 Å². The lowest BCUT2D eigenvalue weighted by Crippen LogP contribution is -2.39. The highest BCUT2D eigenvalue weighted by Crippen LogP contribution is 1.87. The van der Waals surface area contributed by atoms with E-state index < -0.39 is 0 Å². The van der Waals surface area contributed by atoms with Crippen LogP contribution in [0, 0.1) is 0 Å². The SMILES string of the molecule is COC(CN)NCCC(=O)N(C)C. The Hall–Kier alpha value is -0.650. The third-order valence-corrected chi connectivity index (χ3v) is 1.71. The van der Waals surface area contributed by atoms with Crippen LogP contribution in [0.4, 0.5) is 0 Å². The number of carbonyl (C=O) groups excluding carboxylic acids is 1. The molecule has 0 radical (unpaired) electrons. The summed E-state index contributed by atoms with van der Waals surface area (Å²) in [5, 5.41) is 3.01. The Morgan fingerprint density at radius 2 is 2.23 bits per heavy atom. The first-order valence-electron chi connectivity index (χ1n) is 4.28. The number of ether oxygens (including phenoxy) is 1. The highest BCUT2D eigenvalue weighted by Gasteiger charge is 2.06. The molecule has 0 aromatic rings. The zero-order chi connectivity index (χ0) is 10.3. The molecule has 78 valence electrons. The Labute approximate surface area is 79.2 Å². The molecule has 3 N–H and O–H groups in total. The molecule has 5 nitrogen and oxygen atoms in total. The van der Waals surface area contributed by atoms with Crippen molar-refractivity contribution in [1.82, 2.24) is 10.2 Å². The Morgan fingerprint density at radius 3 is 2.62 bits per heavy atom.